The molecule has 0 fully saturated rings. The minimum absolute atomic E-state index is 0.0263. The molecule has 0 aliphatic carbocycles. The molecule has 1 aromatic carbocycles. The SMILES string of the molecule is CCOC(=O)c1ccc(OC(F)F)c(CCl)c1C#N. The number of halogens is 3. The van der Waals surface area contributed by atoms with E-state index in [1.807, 2.05) is 0 Å². The number of nitrogens with zero attached hydrogens (tertiary/aromatic N) is 1. The third kappa shape index (κ3) is 3.55. The Kier molecular flexibility index (Phi) is 5.52. The summed E-state index contributed by atoms with van der Waals surface area (Å²) < 4.78 is 33.4. The first-order chi connectivity index (χ1) is 9.04. The maximum atomic E-state index is 12.2. The summed E-state index contributed by atoms with van der Waals surface area (Å²) in [7, 11) is 0. The molecule has 0 aromatic heterocycles. The molecule has 0 bridgehead atoms. The lowest BCUT2D eigenvalue weighted by molar-refractivity contribution is -0.0503. The van der Waals surface area contributed by atoms with Gasteiger partial charge in [0, 0.05) is 5.56 Å². The first-order valence-electron chi connectivity index (χ1n) is 5.29. The molecule has 4 nitrogen and oxygen atoms in total. The molecular formula is C12H10ClF2NO3. The number of carbonyl (C=O) groups excluding carboxylic acids is 1. The van der Waals surface area contributed by atoms with Gasteiger partial charge >= 0.3 is 12.6 Å². The Hall–Kier alpha value is -1.87. The van der Waals surface area contributed by atoms with Gasteiger partial charge < -0.3 is 9.47 Å². The van der Waals surface area contributed by atoms with Crippen LogP contribution >= 0.6 is 11.6 Å². The maximum Gasteiger partial charge on any atom is 0.387 e. The molecule has 0 unspecified atom stereocenters. The predicted octanol–water partition coefficient (Wildman–Crippen LogP) is 3.08. The second-order valence-corrected chi connectivity index (χ2v) is 3.58. The second-order valence-electron chi connectivity index (χ2n) is 3.31. The van der Waals surface area contributed by atoms with Crippen molar-refractivity contribution >= 4 is 17.6 Å². The lowest BCUT2D eigenvalue weighted by Crippen LogP contribution is -2.11. The quantitative estimate of drug-likeness (QED) is 0.617. The van der Waals surface area contributed by atoms with Crippen molar-refractivity contribution < 1.29 is 23.0 Å². The largest absolute Gasteiger partial charge is 0.462 e. The van der Waals surface area contributed by atoms with Gasteiger partial charge in [0.15, 0.2) is 0 Å². The Morgan fingerprint density at radius 1 is 1.53 bits per heavy atom. The van der Waals surface area contributed by atoms with Gasteiger partial charge in [0.1, 0.15) is 11.8 Å². The number of nitriles is 1. The molecule has 0 heterocycles. The van der Waals surface area contributed by atoms with E-state index in [4.69, 9.17) is 21.6 Å². The highest BCUT2D eigenvalue weighted by atomic mass is 35.5. The molecule has 1 aromatic rings. The molecule has 0 amide bonds. The van der Waals surface area contributed by atoms with Crippen LogP contribution in [0.5, 0.6) is 5.75 Å². The fourth-order valence-corrected chi connectivity index (χ4v) is 1.74. The Bertz CT molecular complexity index is 514. The van der Waals surface area contributed by atoms with Crippen molar-refractivity contribution in [3.8, 4) is 11.8 Å². The summed E-state index contributed by atoms with van der Waals surface area (Å²) in [5.41, 5.74) is -0.108. The van der Waals surface area contributed by atoms with Gasteiger partial charge in [-0.05, 0) is 19.1 Å². The first-order valence-corrected chi connectivity index (χ1v) is 5.82. The standard InChI is InChI=1S/C12H10ClF2NO3/c1-2-18-11(17)7-3-4-10(19-12(14)15)8(5-13)9(7)6-16/h3-4,12H,2,5H2,1H3. The summed E-state index contributed by atoms with van der Waals surface area (Å²) >= 11 is 5.63. The molecule has 0 spiro atoms. The highest BCUT2D eigenvalue weighted by Crippen LogP contribution is 2.28. The number of hydrogen-bond acceptors (Lipinski definition) is 4. The van der Waals surface area contributed by atoms with Crippen molar-refractivity contribution in [3.05, 3.63) is 28.8 Å². The summed E-state index contributed by atoms with van der Waals surface area (Å²) in [4.78, 5) is 11.6. The fraction of sp³-hybridized carbons (Fsp3) is 0.333. The van der Waals surface area contributed by atoms with E-state index in [-0.39, 0.29) is 34.9 Å². The Labute approximate surface area is 113 Å². The van der Waals surface area contributed by atoms with Crippen LogP contribution in [0.4, 0.5) is 8.78 Å². The van der Waals surface area contributed by atoms with Gasteiger partial charge in [0.05, 0.1) is 23.6 Å². The van der Waals surface area contributed by atoms with E-state index in [1.165, 1.54) is 6.07 Å². The minimum atomic E-state index is -3.04. The van der Waals surface area contributed by atoms with Gasteiger partial charge in [-0.15, -0.1) is 11.6 Å². The van der Waals surface area contributed by atoms with E-state index in [0.29, 0.717) is 0 Å². The number of alkyl halides is 3. The Morgan fingerprint density at radius 3 is 2.68 bits per heavy atom. The Morgan fingerprint density at radius 2 is 2.21 bits per heavy atom. The van der Waals surface area contributed by atoms with Crippen molar-refractivity contribution in [1.82, 2.24) is 0 Å². The van der Waals surface area contributed by atoms with Gasteiger partial charge in [-0.2, -0.15) is 14.0 Å². The van der Waals surface area contributed by atoms with Crippen molar-refractivity contribution in [2.75, 3.05) is 6.61 Å². The number of carbonyl (C=O) groups is 1. The topological polar surface area (TPSA) is 59.3 Å². The monoisotopic (exact) mass is 289 g/mol. The molecular weight excluding hydrogens is 280 g/mol. The molecule has 0 N–H and O–H groups in total. The predicted molar refractivity (Wildman–Crippen MR) is 63.3 cm³/mol. The molecule has 0 saturated heterocycles. The molecule has 0 aliphatic heterocycles. The van der Waals surface area contributed by atoms with Crippen LogP contribution in [-0.4, -0.2) is 19.2 Å². The van der Waals surface area contributed by atoms with E-state index in [1.54, 1.807) is 13.0 Å². The number of benzene rings is 1. The summed E-state index contributed by atoms with van der Waals surface area (Å²) in [6, 6.07) is 4.12. The van der Waals surface area contributed by atoms with Gasteiger partial charge in [-0.3, -0.25) is 0 Å². The van der Waals surface area contributed by atoms with Crippen molar-refractivity contribution in [2.24, 2.45) is 0 Å². The minimum Gasteiger partial charge on any atom is -0.462 e. The van der Waals surface area contributed by atoms with E-state index in [2.05, 4.69) is 4.74 Å². The number of esters is 1. The van der Waals surface area contributed by atoms with Gasteiger partial charge in [0.2, 0.25) is 0 Å². The smallest absolute Gasteiger partial charge is 0.387 e. The normalized spacial score (nSPS) is 10.1. The van der Waals surface area contributed by atoms with Crippen molar-refractivity contribution in [2.45, 2.75) is 19.4 Å². The summed E-state index contributed by atoms with van der Waals surface area (Å²) in [6.07, 6.45) is 0. The molecule has 19 heavy (non-hydrogen) atoms. The van der Waals surface area contributed by atoms with Crippen LogP contribution in [-0.2, 0) is 10.6 Å². The molecule has 0 aliphatic rings. The highest BCUT2D eigenvalue weighted by molar-refractivity contribution is 6.17. The molecule has 0 saturated carbocycles. The first kappa shape index (κ1) is 15.2. The van der Waals surface area contributed by atoms with Crippen LogP contribution < -0.4 is 4.74 Å². The van der Waals surface area contributed by atoms with E-state index in [0.717, 1.165) is 6.07 Å². The zero-order chi connectivity index (χ0) is 14.4. The van der Waals surface area contributed by atoms with Crippen molar-refractivity contribution in [1.29, 1.82) is 5.26 Å². The van der Waals surface area contributed by atoms with Gasteiger partial charge in [0.25, 0.3) is 0 Å². The van der Waals surface area contributed by atoms with Gasteiger partial charge in [-0.1, -0.05) is 0 Å². The number of ether oxygens (including phenoxy) is 2. The highest BCUT2D eigenvalue weighted by Gasteiger charge is 2.20. The average molecular weight is 290 g/mol. The molecule has 1 rings (SSSR count). The lowest BCUT2D eigenvalue weighted by Gasteiger charge is -2.12. The molecule has 0 atom stereocenters. The van der Waals surface area contributed by atoms with Crippen LogP contribution in [0.1, 0.15) is 28.4 Å². The molecule has 7 heteroatoms. The third-order valence-electron chi connectivity index (χ3n) is 2.23. The zero-order valence-corrected chi connectivity index (χ0v) is 10.7. The molecule has 102 valence electrons. The molecule has 0 radical (unpaired) electrons. The summed E-state index contributed by atoms with van der Waals surface area (Å²) in [6.45, 7) is -1.29. The van der Waals surface area contributed by atoms with Gasteiger partial charge in [-0.25, -0.2) is 4.79 Å². The van der Waals surface area contributed by atoms with Crippen LogP contribution in [0.25, 0.3) is 0 Å². The van der Waals surface area contributed by atoms with Crippen LogP contribution in [0.3, 0.4) is 0 Å². The van der Waals surface area contributed by atoms with Crippen LogP contribution in [0.15, 0.2) is 12.1 Å². The van der Waals surface area contributed by atoms with Crippen LogP contribution in [0, 0.1) is 11.3 Å². The third-order valence-corrected chi connectivity index (χ3v) is 2.49. The maximum absolute atomic E-state index is 12.2. The Balaban J connectivity index is 3.31. The summed E-state index contributed by atoms with van der Waals surface area (Å²) in [5.74, 6) is -1.18. The van der Waals surface area contributed by atoms with Crippen molar-refractivity contribution in [3.63, 3.8) is 0 Å². The number of hydrogen-bond donors (Lipinski definition) is 0. The number of rotatable bonds is 5. The fourth-order valence-electron chi connectivity index (χ4n) is 1.47. The summed E-state index contributed by atoms with van der Waals surface area (Å²) in [5, 5.41) is 9.05. The lowest BCUT2D eigenvalue weighted by atomic mass is 10.0. The van der Waals surface area contributed by atoms with E-state index < -0.39 is 12.6 Å². The van der Waals surface area contributed by atoms with E-state index >= 15 is 0 Å². The second kappa shape index (κ2) is 6.90. The average Bonchev–Trinajstić information content (AvgIpc) is 2.37. The van der Waals surface area contributed by atoms with Crippen LogP contribution in [0.2, 0.25) is 0 Å². The zero-order valence-electron chi connectivity index (χ0n) is 9.95. The van der Waals surface area contributed by atoms with E-state index in [9.17, 15) is 13.6 Å².